The maximum absolute atomic E-state index is 12.3. The third-order valence-corrected chi connectivity index (χ3v) is 4.56. The van der Waals surface area contributed by atoms with Crippen molar-refractivity contribution in [3.8, 4) is 0 Å². The lowest BCUT2D eigenvalue weighted by Gasteiger charge is -2.11. The number of aryl methyl sites for hydroxylation is 1. The van der Waals surface area contributed by atoms with Gasteiger partial charge in [0.1, 0.15) is 0 Å². The zero-order chi connectivity index (χ0) is 19.8. The second-order valence-corrected chi connectivity index (χ2v) is 6.95. The molecule has 1 aliphatic carbocycles. The van der Waals surface area contributed by atoms with Crippen molar-refractivity contribution in [2.75, 3.05) is 11.9 Å². The third kappa shape index (κ3) is 5.94. The molecule has 0 bridgehead atoms. The Morgan fingerprint density at radius 2 is 1.57 bits per heavy atom. The summed E-state index contributed by atoms with van der Waals surface area (Å²) in [6.07, 6.45) is 4.61. The Hall–Kier alpha value is -3.15. The van der Waals surface area contributed by atoms with Gasteiger partial charge in [-0.25, -0.2) is 0 Å². The number of carbonyl (C=O) groups excluding carboxylic acids is 3. The fourth-order valence-electron chi connectivity index (χ4n) is 2.84. The van der Waals surface area contributed by atoms with E-state index in [0.29, 0.717) is 17.8 Å². The first-order valence-electron chi connectivity index (χ1n) is 9.66. The molecule has 6 nitrogen and oxygen atoms in total. The normalized spacial score (nSPS) is 12.9. The molecule has 0 atom stereocenters. The summed E-state index contributed by atoms with van der Waals surface area (Å²) in [5, 5.41) is 8.05. The first kappa shape index (κ1) is 19.6. The van der Waals surface area contributed by atoms with Gasteiger partial charge in [-0.15, -0.1) is 0 Å². The Bertz CT molecular complexity index is 832. The number of unbranched alkanes of at least 4 members (excludes halogenated alkanes) is 1. The summed E-state index contributed by atoms with van der Waals surface area (Å²) in [7, 11) is 0. The molecule has 0 heterocycles. The lowest BCUT2D eigenvalue weighted by atomic mass is 10.1. The molecule has 0 unspecified atom stereocenters. The molecular formula is C22H25N3O3. The van der Waals surface area contributed by atoms with Crippen molar-refractivity contribution in [1.29, 1.82) is 0 Å². The van der Waals surface area contributed by atoms with Crippen LogP contribution in [-0.4, -0.2) is 30.3 Å². The fraction of sp³-hybridized carbons (Fsp3) is 0.318. The highest BCUT2D eigenvalue weighted by molar-refractivity contribution is 6.40. The standard InChI is InChI=1S/C22H25N3O3/c26-20(24-17-13-14-17)18-11-4-5-12-19(18)25-22(28)21(27)23-15-7-6-10-16-8-2-1-3-9-16/h1-5,8-9,11-12,17H,6-7,10,13-15H2,(H,23,27)(H,24,26)(H,25,28). The van der Waals surface area contributed by atoms with Gasteiger partial charge in [-0.1, -0.05) is 42.5 Å². The van der Waals surface area contributed by atoms with E-state index in [1.54, 1.807) is 24.3 Å². The minimum absolute atomic E-state index is 0.218. The minimum Gasteiger partial charge on any atom is -0.349 e. The van der Waals surface area contributed by atoms with Crippen LogP contribution in [0.4, 0.5) is 5.69 Å². The highest BCUT2D eigenvalue weighted by atomic mass is 16.2. The van der Waals surface area contributed by atoms with Crippen molar-refractivity contribution >= 4 is 23.4 Å². The second-order valence-electron chi connectivity index (χ2n) is 6.95. The van der Waals surface area contributed by atoms with Crippen molar-refractivity contribution in [3.63, 3.8) is 0 Å². The molecular weight excluding hydrogens is 354 g/mol. The van der Waals surface area contributed by atoms with Crippen molar-refractivity contribution in [2.45, 2.75) is 38.1 Å². The summed E-state index contributed by atoms with van der Waals surface area (Å²) in [6.45, 7) is 0.433. The summed E-state index contributed by atoms with van der Waals surface area (Å²) < 4.78 is 0. The van der Waals surface area contributed by atoms with Crippen molar-refractivity contribution in [3.05, 3.63) is 65.7 Å². The quantitative estimate of drug-likeness (QED) is 0.487. The van der Waals surface area contributed by atoms with Crippen LogP contribution in [0.3, 0.4) is 0 Å². The zero-order valence-corrected chi connectivity index (χ0v) is 15.7. The molecule has 3 rings (SSSR count). The monoisotopic (exact) mass is 379 g/mol. The third-order valence-electron chi connectivity index (χ3n) is 4.56. The molecule has 0 aliphatic heterocycles. The highest BCUT2D eigenvalue weighted by Gasteiger charge is 2.25. The Balaban J connectivity index is 1.42. The molecule has 146 valence electrons. The summed E-state index contributed by atoms with van der Waals surface area (Å²) in [4.78, 5) is 36.4. The van der Waals surface area contributed by atoms with Gasteiger partial charge in [0.25, 0.3) is 5.91 Å². The summed E-state index contributed by atoms with van der Waals surface area (Å²) in [5.41, 5.74) is 1.95. The van der Waals surface area contributed by atoms with E-state index in [4.69, 9.17) is 0 Å². The molecule has 2 aromatic carbocycles. The molecule has 0 spiro atoms. The van der Waals surface area contributed by atoms with Crippen LogP contribution in [0.15, 0.2) is 54.6 Å². The van der Waals surface area contributed by atoms with E-state index < -0.39 is 11.8 Å². The number of hydrogen-bond donors (Lipinski definition) is 3. The van der Waals surface area contributed by atoms with Gasteiger partial charge in [0.15, 0.2) is 0 Å². The second kappa shape index (κ2) is 9.69. The fourth-order valence-corrected chi connectivity index (χ4v) is 2.84. The average molecular weight is 379 g/mol. The van der Waals surface area contributed by atoms with E-state index in [-0.39, 0.29) is 11.9 Å². The molecule has 28 heavy (non-hydrogen) atoms. The maximum Gasteiger partial charge on any atom is 0.313 e. The summed E-state index contributed by atoms with van der Waals surface area (Å²) >= 11 is 0. The Labute approximate surface area is 164 Å². The number of anilines is 1. The molecule has 0 saturated heterocycles. The van der Waals surface area contributed by atoms with Gasteiger partial charge in [0.2, 0.25) is 0 Å². The van der Waals surface area contributed by atoms with Gasteiger partial charge in [0.05, 0.1) is 11.3 Å². The lowest BCUT2D eigenvalue weighted by molar-refractivity contribution is -0.136. The maximum atomic E-state index is 12.3. The van der Waals surface area contributed by atoms with Crippen LogP contribution in [0.5, 0.6) is 0 Å². The van der Waals surface area contributed by atoms with E-state index in [2.05, 4.69) is 28.1 Å². The van der Waals surface area contributed by atoms with Crippen molar-refractivity contribution in [2.24, 2.45) is 0 Å². The topological polar surface area (TPSA) is 87.3 Å². The van der Waals surface area contributed by atoms with Crippen LogP contribution in [0.25, 0.3) is 0 Å². The number of benzene rings is 2. The smallest absolute Gasteiger partial charge is 0.313 e. The number of rotatable bonds is 8. The van der Waals surface area contributed by atoms with E-state index >= 15 is 0 Å². The number of hydrogen-bond acceptors (Lipinski definition) is 3. The molecule has 0 radical (unpaired) electrons. The molecule has 3 amide bonds. The van der Waals surface area contributed by atoms with Crippen LogP contribution >= 0.6 is 0 Å². The first-order valence-corrected chi connectivity index (χ1v) is 9.66. The molecule has 2 aromatic rings. The number of para-hydroxylation sites is 1. The molecule has 3 N–H and O–H groups in total. The number of amides is 3. The van der Waals surface area contributed by atoms with E-state index in [1.807, 2.05) is 18.2 Å². The van der Waals surface area contributed by atoms with Crippen LogP contribution in [0.1, 0.15) is 41.6 Å². The average Bonchev–Trinajstić information content (AvgIpc) is 3.52. The highest BCUT2D eigenvalue weighted by Crippen LogP contribution is 2.21. The Morgan fingerprint density at radius 3 is 2.32 bits per heavy atom. The van der Waals surface area contributed by atoms with Gasteiger partial charge in [-0.05, 0) is 49.8 Å². The zero-order valence-electron chi connectivity index (χ0n) is 15.7. The van der Waals surface area contributed by atoms with Gasteiger partial charge in [-0.2, -0.15) is 0 Å². The molecule has 1 fully saturated rings. The summed E-state index contributed by atoms with van der Waals surface area (Å²) in [5.74, 6) is -1.70. The summed E-state index contributed by atoms with van der Waals surface area (Å²) in [6, 6.07) is 17.0. The molecule has 0 aromatic heterocycles. The SMILES string of the molecule is O=C(NCCCCc1ccccc1)C(=O)Nc1ccccc1C(=O)NC1CC1. The van der Waals surface area contributed by atoms with Crippen LogP contribution in [0, 0.1) is 0 Å². The predicted molar refractivity (Wildman–Crippen MR) is 108 cm³/mol. The van der Waals surface area contributed by atoms with Gasteiger partial charge in [-0.3, -0.25) is 14.4 Å². The van der Waals surface area contributed by atoms with Crippen LogP contribution in [0.2, 0.25) is 0 Å². The van der Waals surface area contributed by atoms with Crippen LogP contribution in [-0.2, 0) is 16.0 Å². The lowest BCUT2D eigenvalue weighted by Crippen LogP contribution is -2.36. The number of carbonyl (C=O) groups is 3. The van der Waals surface area contributed by atoms with Gasteiger partial charge >= 0.3 is 11.8 Å². The minimum atomic E-state index is -0.769. The van der Waals surface area contributed by atoms with Crippen molar-refractivity contribution in [1.82, 2.24) is 10.6 Å². The predicted octanol–water partition coefficient (Wildman–Crippen LogP) is 2.66. The Morgan fingerprint density at radius 1 is 0.857 bits per heavy atom. The number of nitrogens with one attached hydrogen (secondary N) is 3. The van der Waals surface area contributed by atoms with E-state index in [9.17, 15) is 14.4 Å². The largest absolute Gasteiger partial charge is 0.349 e. The molecule has 1 aliphatic rings. The van der Waals surface area contributed by atoms with Gasteiger partial charge < -0.3 is 16.0 Å². The van der Waals surface area contributed by atoms with E-state index in [0.717, 1.165) is 32.1 Å². The van der Waals surface area contributed by atoms with Crippen LogP contribution < -0.4 is 16.0 Å². The molecule has 1 saturated carbocycles. The Kier molecular flexibility index (Phi) is 6.78. The molecule has 6 heteroatoms. The first-order chi connectivity index (χ1) is 13.6. The van der Waals surface area contributed by atoms with Crippen molar-refractivity contribution < 1.29 is 14.4 Å². The van der Waals surface area contributed by atoms with E-state index in [1.165, 1.54) is 5.56 Å². The van der Waals surface area contributed by atoms with Gasteiger partial charge in [0, 0.05) is 12.6 Å².